The molecule has 1 aromatic carbocycles. The first-order valence-corrected chi connectivity index (χ1v) is 9.42. The number of ether oxygens (including phenoxy) is 1. The molecule has 2 aromatic rings. The smallest absolute Gasteiger partial charge is 0.191 e. The van der Waals surface area contributed by atoms with Crippen LogP contribution in [-0.2, 0) is 6.54 Å². The first-order valence-electron chi connectivity index (χ1n) is 8.47. The maximum absolute atomic E-state index is 5.35. The molecule has 0 spiro atoms. The van der Waals surface area contributed by atoms with E-state index >= 15 is 0 Å². The van der Waals surface area contributed by atoms with Crippen LogP contribution in [-0.4, -0.2) is 45.2 Å². The van der Waals surface area contributed by atoms with Crippen LogP contribution in [0.25, 0.3) is 0 Å². The molecule has 2 rings (SSSR count). The molecule has 1 aromatic heterocycles. The van der Waals surface area contributed by atoms with Crippen molar-refractivity contribution in [2.24, 2.45) is 4.99 Å². The highest BCUT2D eigenvalue weighted by molar-refractivity contribution is 14.0. The van der Waals surface area contributed by atoms with Gasteiger partial charge in [0.05, 0.1) is 19.7 Å². The Morgan fingerprint density at radius 1 is 1.27 bits per heavy atom. The Balaban J connectivity index is 0.00000338. The van der Waals surface area contributed by atoms with Gasteiger partial charge >= 0.3 is 0 Å². The lowest BCUT2D eigenvalue weighted by Gasteiger charge is -2.26. The monoisotopic (exact) mass is 488 g/mol. The number of thiophene rings is 1. The summed E-state index contributed by atoms with van der Waals surface area (Å²) in [5, 5.41) is 11.0. The molecule has 0 aliphatic rings. The van der Waals surface area contributed by atoms with Gasteiger partial charge in [-0.05, 0) is 61.1 Å². The average Bonchev–Trinajstić information content (AvgIpc) is 3.13. The highest BCUT2D eigenvalue weighted by atomic mass is 127. The molecular formula is C19H29IN4OS. The summed E-state index contributed by atoms with van der Waals surface area (Å²) in [5.74, 6) is 1.71. The molecule has 5 nitrogen and oxygen atoms in total. The second-order valence-electron chi connectivity index (χ2n) is 5.96. The molecule has 1 heterocycles. The Bertz CT molecular complexity index is 661. The van der Waals surface area contributed by atoms with Crippen molar-refractivity contribution in [3.8, 4) is 5.75 Å². The molecule has 0 amide bonds. The van der Waals surface area contributed by atoms with Gasteiger partial charge in [-0.3, -0.25) is 0 Å². The molecule has 0 saturated carbocycles. The molecule has 1 atom stereocenters. The number of likely N-dealkylation sites (N-methyl/N-ethyl adjacent to an activating group) is 1. The minimum absolute atomic E-state index is 0. The number of rotatable bonds is 8. The summed E-state index contributed by atoms with van der Waals surface area (Å²) in [6.45, 7) is 4.36. The summed E-state index contributed by atoms with van der Waals surface area (Å²) < 4.78 is 5.35. The van der Waals surface area contributed by atoms with E-state index in [4.69, 9.17) is 4.74 Å². The SMILES string of the molecule is CCNC(=NCc1ccsc1)NCC(c1cccc(OC)c1)N(C)C.I. The molecule has 26 heavy (non-hydrogen) atoms. The van der Waals surface area contributed by atoms with E-state index in [0.29, 0.717) is 6.54 Å². The van der Waals surface area contributed by atoms with Gasteiger partial charge in [-0.25, -0.2) is 4.99 Å². The molecule has 144 valence electrons. The third kappa shape index (κ3) is 7.13. The van der Waals surface area contributed by atoms with Crippen LogP contribution in [0.5, 0.6) is 5.75 Å². The van der Waals surface area contributed by atoms with Crippen LogP contribution in [0.3, 0.4) is 0 Å². The minimum atomic E-state index is 0. The van der Waals surface area contributed by atoms with Crippen molar-refractivity contribution >= 4 is 41.3 Å². The molecule has 0 aliphatic carbocycles. The third-order valence-electron chi connectivity index (χ3n) is 3.91. The van der Waals surface area contributed by atoms with Crippen molar-refractivity contribution in [1.29, 1.82) is 0 Å². The van der Waals surface area contributed by atoms with Gasteiger partial charge in [-0.2, -0.15) is 11.3 Å². The van der Waals surface area contributed by atoms with E-state index in [1.54, 1.807) is 18.4 Å². The van der Waals surface area contributed by atoms with E-state index in [1.807, 2.05) is 12.1 Å². The Labute approximate surface area is 177 Å². The summed E-state index contributed by atoms with van der Waals surface area (Å²) in [5.41, 5.74) is 2.45. The zero-order valence-electron chi connectivity index (χ0n) is 15.9. The number of hydrogen-bond acceptors (Lipinski definition) is 4. The molecule has 0 saturated heterocycles. The molecule has 2 N–H and O–H groups in total. The molecule has 0 aliphatic heterocycles. The fraction of sp³-hybridized carbons (Fsp3) is 0.421. The van der Waals surface area contributed by atoms with Gasteiger partial charge in [0.2, 0.25) is 0 Å². The molecule has 0 bridgehead atoms. The van der Waals surface area contributed by atoms with Crippen LogP contribution in [0.15, 0.2) is 46.1 Å². The summed E-state index contributed by atoms with van der Waals surface area (Å²) >= 11 is 1.70. The van der Waals surface area contributed by atoms with Crippen molar-refractivity contribution < 1.29 is 4.74 Å². The number of hydrogen-bond donors (Lipinski definition) is 2. The summed E-state index contributed by atoms with van der Waals surface area (Å²) in [7, 11) is 5.87. The van der Waals surface area contributed by atoms with E-state index in [9.17, 15) is 0 Å². The highest BCUT2D eigenvalue weighted by Crippen LogP contribution is 2.22. The first-order chi connectivity index (χ1) is 12.1. The predicted molar refractivity (Wildman–Crippen MR) is 122 cm³/mol. The topological polar surface area (TPSA) is 48.9 Å². The summed E-state index contributed by atoms with van der Waals surface area (Å²) in [6, 6.07) is 10.5. The third-order valence-corrected chi connectivity index (χ3v) is 4.64. The second-order valence-corrected chi connectivity index (χ2v) is 6.74. The van der Waals surface area contributed by atoms with Crippen LogP contribution < -0.4 is 15.4 Å². The van der Waals surface area contributed by atoms with Crippen LogP contribution >= 0.6 is 35.3 Å². The largest absolute Gasteiger partial charge is 0.497 e. The number of methoxy groups -OCH3 is 1. The van der Waals surface area contributed by atoms with Crippen LogP contribution in [0.4, 0.5) is 0 Å². The van der Waals surface area contributed by atoms with Gasteiger partial charge in [0.1, 0.15) is 5.75 Å². The molecule has 0 fully saturated rings. The van der Waals surface area contributed by atoms with Crippen LogP contribution in [0.2, 0.25) is 0 Å². The van der Waals surface area contributed by atoms with Crippen molar-refractivity contribution in [2.45, 2.75) is 19.5 Å². The summed E-state index contributed by atoms with van der Waals surface area (Å²) in [6.07, 6.45) is 0. The zero-order chi connectivity index (χ0) is 18.1. The lowest BCUT2D eigenvalue weighted by Crippen LogP contribution is -2.41. The van der Waals surface area contributed by atoms with Gasteiger partial charge in [-0.1, -0.05) is 12.1 Å². The molecular weight excluding hydrogens is 459 g/mol. The second kappa shape index (κ2) is 12.1. The van der Waals surface area contributed by atoms with E-state index in [2.05, 4.69) is 70.5 Å². The Hall–Kier alpha value is -1.32. The quantitative estimate of drug-likeness (QED) is 0.338. The van der Waals surface area contributed by atoms with Crippen molar-refractivity contribution in [2.75, 3.05) is 34.3 Å². The zero-order valence-corrected chi connectivity index (χ0v) is 19.0. The maximum Gasteiger partial charge on any atom is 0.191 e. The van der Waals surface area contributed by atoms with Crippen molar-refractivity contribution in [3.63, 3.8) is 0 Å². The first kappa shape index (κ1) is 22.7. The van der Waals surface area contributed by atoms with Crippen LogP contribution in [0, 0.1) is 0 Å². The number of benzene rings is 1. The Morgan fingerprint density at radius 3 is 2.69 bits per heavy atom. The average molecular weight is 488 g/mol. The van der Waals surface area contributed by atoms with Crippen molar-refractivity contribution in [1.82, 2.24) is 15.5 Å². The molecule has 0 radical (unpaired) electrons. The van der Waals surface area contributed by atoms with Gasteiger partial charge < -0.3 is 20.3 Å². The number of nitrogens with zero attached hydrogens (tertiary/aromatic N) is 2. The van der Waals surface area contributed by atoms with Gasteiger partial charge in [0.15, 0.2) is 5.96 Å². The molecule has 7 heteroatoms. The van der Waals surface area contributed by atoms with Crippen LogP contribution in [0.1, 0.15) is 24.1 Å². The predicted octanol–water partition coefficient (Wildman–Crippen LogP) is 3.73. The van der Waals surface area contributed by atoms with Gasteiger partial charge in [0.25, 0.3) is 0 Å². The standard InChI is InChI=1S/C19H28N4OS.HI/c1-5-20-19(21-12-15-9-10-25-14-15)22-13-18(23(2)3)16-7-6-8-17(11-16)24-4;/h6-11,14,18H,5,12-13H2,1-4H3,(H2,20,21,22);1H. The lowest BCUT2D eigenvalue weighted by molar-refractivity contribution is 0.297. The highest BCUT2D eigenvalue weighted by Gasteiger charge is 2.15. The van der Waals surface area contributed by atoms with E-state index < -0.39 is 0 Å². The van der Waals surface area contributed by atoms with E-state index in [1.165, 1.54) is 11.1 Å². The maximum atomic E-state index is 5.35. The number of aliphatic imine (C=N–C) groups is 1. The van der Waals surface area contributed by atoms with Gasteiger partial charge in [-0.15, -0.1) is 24.0 Å². The fourth-order valence-corrected chi connectivity index (χ4v) is 3.20. The Kier molecular flexibility index (Phi) is 10.6. The normalized spacial score (nSPS) is 12.4. The van der Waals surface area contributed by atoms with E-state index in [-0.39, 0.29) is 30.0 Å². The van der Waals surface area contributed by atoms with Crippen molar-refractivity contribution in [3.05, 3.63) is 52.2 Å². The fourth-order valence-electron chi connectivity index (χ4n) is 2.54. The lowest BCUT2D eigenvalue weighted by atomic mass is 10.1. The minimum Gasteiger partial charge on any atom is -0.497 e. The van der Waals surface area contributed by atoms with Gasteiger partial charge in [0, 0.05) is 13.1 Å². The van der Waals surface area contributed by atoms with E-state index in [0.717, 1.165) is 24.8 Å². The summed E-state index contributed by atoms with van der Waals surface area (Å²) in [4.78, 5) is 6.87. The number of guanidine groups is 1. The number of halogens is 1. The molecule has 1 unspecified atom stereocenters. The number of nitrogens with one attached hydrogen (secondary N) is 2. The Morgan fingerprint density at radius 2 is 2.08 bits per heavy atom.